The van der Waals surface area contributed by atoms with Crippen molar-refractivity contribution >= 4 is 0 Å². The fourth-order valence-electron chi connectivity index (χ4n) is 3.70. The highest BCUT2D eigenvalue weighted by atomic mass is 16.5. The van der Waals surface area contributed by atoms with Crippen LogP contribution in [-0.2, 0) is 6.61 Å². The minimum atomic E-state index is -0.157. The first kappa shape index (κ1) is 19.3. The van der Waals surface area contributed by atoms with Gasteiger partial charge >= 0.3 is 0 Å². The Balaban J connectivity index is 1.69. The number of furan rings is 1. The smallest absolute Gasteiger partial charge is 0.258 e. The Bertz CT molecular complexity index is 943. The molecule has 1 saturated heterocycles. The fraction of sp³-hybridized carbons (Fsp3) is 0.348. The van der Waals surface area contributed by atoms with E-state index in [1.165, 1.54) is 6.42 Å². The minimum absolute atomic E-state index is 0.0521. The fourth-order valence-corrected chi connectivity index (χ4v) is 3.70. The monoisotopic (exact) mass is 394 g/mol. The van der Waals surface area contributed by atoms with Crippen LogP contribution in [0.4, 0.5) is 0 Å². The lowest BCUT2D eigenvalue weighted by atomic mass is 9.94. The Morgan fingerprint density at radius 3 is 2.66 bits per heavy atom. The number of methoxy groups -OCH3 is 1. The van der Waals surface area contributed by atoms with Crippen LogP contribution in [0.2, 0.25) is 0 Å². The Morgan fingerprint density at radius 2 is 2.00 bits per heavy atom. The number of ether oxygens (including phenoxy) is 2. The molecular weight excluding hydrogens is 368 g/mol. The zero-order valence-electron chi connectivity index (χ0n) is 16.8. The van der Waals surface area contributed by atoms with Crippen LogP contribution in [0.1, 0.15) is 48.0 Å². The molecule has 0 spiro atoms. The summed E-state index contributed by atoms with van der Waals surface area (Å²) in [5.74, 6) is 2.47. The highest BCUT2D eigenvalue weighted by Gasteiger charge is 2.35. The van der Waals surface area contributed by atoms with Gasteiger partial charge in [0.25, 0.3) is 5.88 Å². The first-order chi connectivity index (χ1) is 14.2. The van der Waals surface area contributed by atoms with Crippen molar-refractivity contribution in [3.8, 4) is 11.6 Å². The predicted molar refractivity (Wildman–Crippen MR) is 109 cm³/mol. The number of rotatable bonds is 9. The predicted octanol–water partition coefficient (Wildman–Crippen LogP) is 4.94. The van der Waals surface area contributed by atoms with Gasteiger partial charge in [0.15, 0.2) is 17.3 Å². The van der Waals surface area contributed by atoms with E-state index in [1.54, 1.807) is 13.4 Å². The van der Waals surface area contributed by atoms with Gasteiger partial charge < -0.3 is 18.4 Å². The Hall–Kier alpha value is -2.99. The first-order valence-electron chi connectivity index (χ1n) is 9.87. The normalized spacial score (nSPS) is 16.1. The lowest BCUT2D eigenvalue weighted by Crippen LogP contribution is -2.39. The van der Waals surface area contributed by atoms with Crippen molar-refractivity contribution in [2.24, 2.45) is 0 Å². The van der Waals surface area contributed by atoms with E-state index in [4.69, 9.17) is 18.4 Å². The lowest BCUT2D eigenvalue weighted by Gasteiger charge is -2.35. The number of hydrogen-bond donors (Lipinski definition) is 0. The molecule has 3 heterocycles. The lowest BCUT2D eigenvalue weighted by molar-refractivity contribution is 0.124. The molecular formula is C23H26N2O4. The van der Waals surface area contributed by atoms with Crippen molar-refractivity contribution in [2.75, 3.05) is 20.2 Å². The quantitative estimate of drug-likeness (QED) is 0.479. The van der Waals surface area contributed by atoms with Gasteiger partial charge in [0.2, 0.25) is 0 Å². The van der Waals surface area contributed by atoms with Crippen molar-refractivity contribution < 1.29 is 18.4 Å². The van der Waals surface area contributed by atoms with Gasteiger partial charge in [-0.25, -0.2) is 0 Å². The van der Waals surface area contributed by atoms with E-state index in [1.807, 2.05) is 49.4 Å². The molecule has 6 nitrogen and oxygen atoms in total. The van der Waals surface area contributed by atoms with Crippen molar-refractivity contribution in [1.82, 2.24) is 10.1 Å². The second-order valence-electron chi connectivity index (χ2n) is 7.18. The maximum Gasteiger partial charge on any atom is 0.258 e. The van der Waals surface area contributed by atoms with Crippen LogP contribution in [-0.4, -0.2) is 30.3 Å². The summed E-state index contributed by atoms with van der Waals surface area (Å²) in [5, 5.41) is 4.27. The molecule has 2 atom stereocenters. The topological polar surface area (TPSA) is 60.9 Å². The SMILES string of the molecule is C=CC(c1onc(OCc2ccccc2)c1C(C)c1occc1OC)N1CCC1. The highest BCUT2D eigenvalue weighted by molar-refractivity contribution is 5.43. The Morgan fingerprint density at radius 1 is 1.21 bits per heavy atom. The summed E-state index contributed by atoms with van der Waals surface area (Å²) in [5.41, 5.74) is 1.93. The summed E-state index contributed by atoms with van der Waals surface area (Å²) < 4.78 is 23.1. The van der Waals surface area contributed by atoms with Gasteiger partial charge in [-0.05, 0) is 17.1 Å². The Labute approximate surface area is 170 Å². The molecule has 152 valence electrons. The molecule has 2 unspecified atom stereocenters. The van der Waals surface area contributed by atoms with Crippen LogP contribution < -0.4 is 9.47 Å². The second kappa shape index (κ2) is 8.57. The van der Waals surface area contributed by atoms with E-state index in [0.29, 0.717) is 24.0 Å². The molecule has 1 aromatic carbocycles. The summed E-state index contributed by atoms with van der Waals surface area (Å²) in [6, 6.07) is 11.8. The van der Waals surface area contributed by atoms with Crippen LogP contribution in [0.5, 0.6) is 11.6 Å². The molecule has 0 amide bonds. The molecule has 3 aromatic rings. The van der Waals surface area contributed by atoms with Crippen molar-refractivity contribution in [3.05, 3.63) is 78.0 Å². The van der Waals surface area contributed by atoms with Crippen LogP contribution in [0.3, 0.4) is 0 Å². The van der Waals surface area contributed by atoms with Gasteiger partial charge in [-0.3, -0.25) is 4.90 Å². The van der Waals surface area contributed by atoms with Crippen molar-refractivity contribution in [2.45, 2.75) is 31.9 Å². The maximum atomic E-state index is 6.08. The van der Waals surface area contributed by atoms with Gasteiger partial charge in [0, 0.05) is 19.2 Å². The van der Waals surface area contributed by atoms with E-state index in [-0.39, 0.29) is 12.0 Å². The molecule has 1 aliphatic rings. The third-order valence-corrected chi connectivity index (χ3v) is 5.42. The molecule has 1 aliphatic heterocycles. The highest BCUT2D eigenvalue weighted by Crippen LogP contribution is 2.42. The number of nitrogens with zero attached hydrogens (tertiary/aromatic N) is 2. The number of aromatic nitrogens is 1. The largest absolute Gasteiger partial charge is 0.493 e. The minimum Gasteiger partial charge on any atom is -0.493 e. The van der Waals surface area contributed by atoms with Gasteiger partial charge in [-0.2, -0.15) is 0 Å². The van der Waals surface area contributed by atoms with Gasteiger partial charge in [0.05, 0.1) is 30.9 Å². The standard InChI is InChI=1S/C23H26N2O4/c1-4-18(25-12-8-13-25)22-20(16(2)21-19(26-3)11-14-27-21)23(24-29-22)28-15-17-9-6-5-7-10-17/h4-7,9-11,14,16,18H,1,8,12-13,15H2,2-3H3. The van der Waals surface area contributed by atoms with Crippen molar-refractivity contribution in [3.63, 3.8) is 0 Å². The van der Waals surface area contributed by atoms with E-state index >= 15 is 0 Å². The zero-order valence-corrected chi connectivity index (χ0v) is 16.8. The summed E-state index contributed by atoms with van der Waals surface area (Å²) in [6.45, 7) is 8.49. The Kier molecular flexibility index (Phi) is 5.71. The molecule has 29 heavy (non-hydrogen) atoms. The average molecular weight is 394 g/mol. The van der Waals surface area contributed by atoms with Crippen LogP contribution >= 0.6 is 0 Å². The third-order valence-electron chi connectivity index (χ3n) is 5.42. The molecule has 6 heteroatoms. The third kappa shape index (κ3) is 3.80. The van der Waals surface area contributed by atoms with Gasteiger partial charge in [-0.15, -0.1) is 6.58 Å². The molecule has 2 aromatic heterocycles. The number of likely N-dealkylation sites (tertiary alicyclic amines) is 1. The van der Waals surface area contributed by atoms with Gasteiger partial charge in [-0.1, -0.05) is 43.3 Å². The number of hydrogen-bond acceptors (Lipinski definition) is 6. The van der Waals surface area contributed by atoms with E-state index in [9.17, 15) is 0 Å². The first-order valence-corrected chi connectivity index (χ1v) is 9.87. The molecule has 0 radical (unpaired) electrons. The zero-order chi connectivity index (χ0) is 20.2. The van der Waals surface area contributed by atoms with E-state index in [0.717, 1.165) is 30.0 Å². The molecule has 0 bridgehead atoms. The van der Waals surface area contributed by atoms with E-state index in [2.05, 4.69) is 16.6 Å². The molecule has 0 saturated carbocycles. The van der Waals surface area contributed by atoms with Crippen LogP contribution in [0.25, 0.3) is 0 Å². The van der Waals surface area contributed by atoms with Crippen LogP contribution in [0.15, 0.2) is 64.3 Å². The maximum absolute atomic E-state index is 6.08. The summed E-state index contributed by atoms with van der Waals surface area (Å²) in [7, 11) is 1.63. The van der Waals surface area contributed by atoms with Crippen molar-refractivity contribution in [1.29, 1.82) is 0 Å². The molecule has 1 fully saturated rings. The molecule has 0 N–H and O–H groups in total. The number of benzene rings is 1. The summed E-state index contributed by atoms with van der Waals surface area (Å²) >= 11 is 0. The molecule has 4 rings (SSSR count). The van der Waals surface area contributed by atoms with Crippen LogP contribution in [0, 0.1) is 0 Å². The average Bonchev–Trinajstić information content (AvgIpc) is 3.36. The molecule has 0 aliphatic carbocycles. The summed E-state index contributed by atoms with van der Waals surface area (Å²) in [4.78, 5) is 2.31. The van der Waals surface area contributed by atoms with Gasteiger partial charge in [0.1, 0.15) is 6.61 Å². The summed E-state index contributed by atoms with van der Waals surface area (Å²) in [6.07, 6.45) is 4.70. The van der Waals surface area contributed by atoms with E-state index < -0.39 is 0 Å². The second-order valence-corrected chi connectivity index (χ2v) is 7.18.